The lowest BCUT2D eigenvalue weighted by Gasteiger charge is -1.79. The van der Waals surface area contributed by atoms with Gasteiger partial charge in [0.1, 0.15) is 6.29 Å². The second-order valence-corrected chi connectivity index (χ2v) is 2.58. The van der Waals surface area contributed by atoms with Gasteiger partial charge in [-0.05, 0) is 6.42 Å². The quantitative estimate of drug-likeness (QED) is 0.462. The van der Waals surface area contributed by atoms with Crippen LogP contribution >= 0.6 is 0 Å². The van der Waals surface area contributed by atoms with Crippen LogP contribution < -0.4 is 0 Å². The summed E-state index contributed by atoms with van der Waals surface area (Å²) < 4.78 is 0. The molecule has 0 spiro atoms. The van der Waals surface area contributed by atoms with Gasteiger partial charge in [-0.2, -0.15) is 0 Å². The summed E-state index contributed by atoms with van der Waals surface area (Å²) >= 11 is 0. The van der Waals surface area contributed by atoms with E-state index in [1.807, 2.05) is 0 Å². The van der Waals surface area contributed by atoms with Gasteiger partial charge in [0.2, 0.25) is 6.29 Å². The van der Waals surface area contributed by atoms with Gasteiger partial charge in [0.05, 0.1) is 0 Å². The smallest absolute Gasteiger partial charge is 0.201 e. The lowest BCUT2D eigenvalue weighted by molar-refractivity contribution is -0.107. The van der Waals surface area contributed by atoms with E-state index >= 15 is 0 Å². The minimum atomic E-state index is 0.0787. The third-order valence-corrected chi connectivity index (χ3v) is 0.911. The van der Waals surface area contributed by atoms with Crippen LogP contribution in [-0.2, 0) is 9.59 Å². The normalized spacial score (nSPS) is 8.36. The number of carbonyl (C=O) groups is 1. The van der Waals surface area contributed by atoms with Crippen molar-refractivity contribution in [3.8, 4) is 0 Å². The topological polar surface area (TPSA) is 34.1 Å². The molecule has 0 N–H and O–H groups in total. The summed E-state index contributed by atoms with van der Waals surface area (Å²) in [5, 5.41) is 0. The Morgan fingerprint density at radius 2 is 1.91 bits per heavy atom. The zero-order valence-electron chi connectivity index (χ0n) is 7.59. The highest BCUT2D eigenvalue weighted by Gasteiger charge is 1.82. The molecule has 0 rings (SSSR count). The minimum Gasteiger partial charge on any atom is -0.303 e. The fraction of sp³-hybridized carbons (Fsp3) is 0.778. The van der Waals surface area contributed by atoms with Gasteiger partial charge in [-0.15, -0.1) is 0 Å². The number of hydrogen-bond acceptors (Lipinski definition) is 2. The first-order chi connectivity index (χ1) is 5.18. The monoisotopic (exact) mass is 157 g/mol. The number of aldehydes is 1. The zero-order valence-corrected chi connectivity index (χ0v) is 7.59. The molecule has 0 amide bonds. The van der Waals surface area contributed by atoms with E-state index in [0.717, 1.165) is 25.5 Å². The number of rotatable bonds is 4. The SMILES string of the molecule is CC(C)[C]=O.CCCCC=O. The van der Waals surface area contributed by atoms with Gasteiger partial charge in [-0.1, -0.05) is 27.2 Å². The summed E-state index contributed by atoms with van der Waals surface area (Å²) in [6, 6.07) is 0. The second kappa shape index (κ2) is 12.1. The Morgan fingerprint density at radius 1 is 1.45 bits per heavy atom. The van der Waals surface area contributed by atoms with Gasteiger partial charge < -0.3 is 4.79 Å². The molecular formula is C9H17O2. The maximum Gasteiger partial charge on any atom is 0.201 e. The summed E-state index contributed by atoms with van der Waals surface area (Å²) in [5.41, 5.74) is 0. The predicted molar refractivity (Wildman–Crippen MR) is 46.1 cm³/mol. The van der Waals surface area contributed by atoms with Crippen LogP contribution in [0.1, 0.15) is 40.0 Å². The maximum absolute atomic E-state index is 9.56. The summed E-state index contributed by atoms with van der Waals surface area (Å²) in [4.78, 5) is 18.9. The summed E-state index contributed by atoms with van der Waals surface area (Å²) in [6.45, 7) is 5.67. The Labute approximate surface area is 69.0 Å². The Morgan fingerprint density at radius 3 is 2.00 bits per heavy atom. The summed E-state index contributed by atoms with van der Waals surface area (Å²) in [6.07, 6.45) is 5.64. The Hall–Kier alpha value is -0.660. The van der Waals surface area contributed by atoms with Gasteiger partial charge in [0, 0.05) is 12.3 Å². The van der Waals surface area contributed by atoms with E-state index in [-0.39, 0.29) is 5.92 Å². The van der Waals surface area contributed by atoms with Crippen molar-refractivity contribution in [2.75, 3.05) is 0 Å². The minimum absolute atomic E-state index is 0.0787. The summed E-state index contributed by atoms with van der Waals surface area (Å²) in [5.74, 6) is 0.0787. The van der Waals surface area contributed by atoms with E-state index in [1.165, 1.54) is 0 Å². The second-order valence-electron chi connectivity index (χ2n) is 2.58. The molecule has 0 aromatic carbocycles. The van der Waals surface area contributed by atoms with Crippen molar-refractivity contribution in [1.82, 2.24) is 0 Å². The Bertz CT molecular complexity index is 87.6. The molecule has 0 aromatic rings. The first kappa shape index (κ1) is 13.0. The van der Waals surface area contributed by atoms with E-state index in [4.69, 9.17) is 0 Å². The highest BCUT2D eigenvalue weighted by atomic mass is 16.1. The highest BCUT2D eigenvalue weighted by molar-refractivity contribution is 5.52. The molecule has 65 valence electrons. The lowest BCUT2D eigenvalue weighted by Crippen LogP contribution is -1.82. The maximum atomic E-state index is 9.56. The summed E-state index contributed by atoms with van der Waals surface area (Å²) in [7, 11) is 0. The standard InChI is InChI=1S/C5H10O.C4H7O/c1-2-3-4-5-6;1-4(2)3-5/h5H,2-4H2,1H3;4H,1-2H3. The lowest BCUT2D eigenvalue weighted by atomic mass is 10.3. The molecule has 2 nitrogen and oxygen atoms in total. The molecule has 1 radical (unpaired) electrons. The molecule has 0 fully saturated rings. The third kappa shape index (κ3) is 26.7. The average molecular weight is 157 g/mol. The van der Waals surface area contributed by atoms with Crippen molar-refractivity contribution in [3.63, 3.8) is 0 Å². The van der Waals surface area contributed by atoms with Crippen LogP contribution in [0.5, 0.6) is 0 Å². The van der Waals surface area contributed by atoms with Crippen LogP contribution in [0.4, 0.5) is 0 Å². The van der Waals surface area contributed by atoms with E-state index in [2.05, 4.69) is 6.92 Å². The molecule has 0 unspecified atom stereocenters. The molecule has 2 heteroatoms. The van der Waals surface area contributed by atoms with Gasteiger partial charge in [-0.25, -0.2) is 0 Å². The Kier molecular flexibility index (Phi) is 14.2. The van der Waals surface area contributed by atoms with Crippen LogP contribution in [0.15, 0.2) is 0 Å². The average Bonchev–Trinajstić information content (AvgIpc) is 2.02. The van der Waals surface area contributed by atoms with Crippen molar-refractivity contribution in [3.05, 3.63) is 0 Å². The van der Waals surface area contributed by atoms with E-state index in [0.29, 0.717) is 0 Å². The van der Waals surface area contributed by atoms with Gasteiger partial charge >= 0.3 is 0 Å². The van der Waals surface area contributed by atoms with Crippen LogP contribution in [0, 0.1) is 5.92 Å². The predicted octanol–water partition coefficient (Wildman–Crippen LogP) is 2.13. The van der Waals surface area contributed by atoms with Crippen LogP contribution in [0.25, 0.3) is 0 Å². The third-order valence-electron chi connectivity index (χ3n) is 0.911. The molecule has 0 aliphatic heterocycles. The molecule has 0 aliphatic carbocycles. The number of carbonyl (C=O) groups excluding carboxylic acids is 2. The number of unbranched alkanes of at least 4 members (excludes halogenated alkanes) is 2. The molecular weight excluding hydrogens is 140 g/mol. The molecule has 0 aliphatic rings. The van der Waals surface area contributed by atoms with Crippen molar-refractivity contribution in [2.45, 2.75) is 40.0 Å². The van der Waals surface area contributed by atoms with Gasteiger partial charge in [0.15, 0.2) is 0 Å². The fourth-order valence-corrected chi connectivity index (χ4v) is 0.287. The molecule has 0 bridgehead atoms. The molecule has 0 heterocycles. The van der Waals surface area contributed by atoms with E-state index in [1.54, 1.807) is 20.1 Å². The molecule has 0 aromatic heterocycles. The van der Waals surface area contributed by atoms with E-state index < -0.39 is 0 Å². The Balaban J connectivity index is 0. The molecule has 0 saturated heterocycles. The van der Waals surface area contributed by atoms with Crippen molar-refractivity contribution in [2.24, 2.45) is 5.92 Å². The zero-order chi connectivity index (χ0) is 9.11. The van der Waals surface area contributed by atoms with Crippen LogP contribution in [0.2, 0.25) is 0 Å². The first-order valence-electron chi connectivity index (χ1n) is 4.00. The molecule has 0 atom stereocenters. The molecule has 0 saturated carbocycles. The molecule has 11 heavy (non-hydrogen) atoms. The van der Waals surface area contributed by atoms with Crippen LogP contribution in [-0.4, -0.2) is 12.6 Å². The number of hydrogen-bond donors (Lipinski definition) is 0. The van der Waals surface area contributed by atoms with Crippen LogP contribution in [0.3, 0.4) is 0 Å². The van der Waals surface area contributed by atoms with Crippen molar-refractivity contribution < 1.29 is 9.59 Å². The highest BCUT2D eigenvalue weighted by Crippen LogP contribution is 1.87. The first-order valence-corrected chi connectivity index (χ1v) is 4.00. The largest absolute Gasteiger partial charge is 0.303 e. The van der Waals surface area contributed by atoms with Crippen molar-refractivity contribution >= 4 is 12.6 Å². The van der Waals surface area contributed by atoms with Gasteiger partial charge in [-0.3, -0.25) is 4.79 Å². The fourth-order valence-electron chi connectivity index (χ4n) is 0.287. The van der Waals surface area contributed by atoms with Crippen molar-refractivity contribution in [1.29, 1.82) is 0 Å². The van der Waals surface area contributed by atoms with E-state index in [9.17, 15) is 9.59 Å². The van der Waals surface area contributed by atoms with Gasteiger partial charge in [0.25, 0.3) is 0 Å².